The van der Waals surface area contributed by atoms with E-state index in [0.717, 1.165) is 19.0 Å². The molecule has 1 aliphatic rings. The number of hydrogen-bond donors (Lipinski definition) is 2. The molecule has 20 heavy (non-hydrogen) atoms. The molecular formula is C15H32N2O3. The second kappa shape index (κ2) is 10.5. The maximum Gasteiger partial charge on any atom is 0.0897 e. The fourth-order valence-corrected chi connectivity index (χ4v) is 2.58. The van der Waals surface area contributed by atoms with E-state index in [0.29, 0.717) is 19.8 Å². The van der Waals surface area contributed by atoms with E-state index in [9.17, 15) is 5.11 Å². The molecule has 5 nitrogen and oxygen atoms in total. The quantitative estimate of drug-likeness (QED) is 0.620. The Kier molecular flexibility index (Phi) is 9.39. The molecule has 120 valence electrons. The molecular weight excluding hydrogens is 256 g/mol. The Balaban J connectivity index is 2.00. The van der Waals surface area contributed by atoms with Crippen LogP contribution in [-0.4, -0.2) is 75.3 Å². The van der Waals surface area contributed by atoms with Gasteiger partial charge in [0.1, 0.15) is 0 Å². The van der Waals surface area contributed by atoms with Crippen LogP contribution in [0.25, 0.3) is 0 Å². The molecule has 0 aromatic heterocycles. The largest absolute Gasteiger partial charge is 0.389 e. The van der Waals surface area contributed by atoms with E-state index in [1.807, 2.05) is 6.92 Å². The summed E-state index contributed by atoms with van der Waals surface area (Å²) in [5.74, 6) is 0.748. The third-order valence-corrected chi connectivity index (χ3v) is 3.94. The molecule has 0 amide bonds. The molecule has 0 aromatic rings. The van der Waals surface area contributed by atoms with Crippen LogP contribution in [0.2, 0.25) is 0 Å². The molecule has 0 spiro atoms. The molecule has 1 heterocycles. The molecule has 1 fully saturated rings. The Hall–Kier alpha value is -0.200. The van der Waals surface area contributed by atoms with E-state index >= 15 is 0 Å². The van der Waals surface area contributed by atoms with Gasteiger partial charge in [0.25, 0.3) is 0 Å². The highest BCUT2D eigenvalue weighted by atomic mass is 16.5. The van der Waals surface area contributed by atoms with Gasteiger partial charge in [-0.15, -0.1) is 0 Å². The van der Waals surface area contributed by atoms with Gasteiger partial charge in [-0.25, -0.2) is 0 Å². The fraction of sp³-hybridized carbons (Fsp3) is 1.00. The minimum atomic E-state index is -0.440. The highest BCUT2D eigenvalue weighted by Crippen LogP contribution is 2.15. The topological polar surface area (TPSA) is 54.0 Å². The van der Waals surface area contributed by atoms with Crippen LogP contribution in [0.5, 0.6) is 0 Å². The summed E-state index contributed by atoms with van der Waals surface area (Å²) in [4.78, 5) is 2.50. The Morgan fingerprint density at radius 1 is 1.30 bits per heavy atom. The number of likely N-dealkylation sites (tertiary alicyclic amines) is 1. The van der Waals surface area contributed by atoms with Crippen LogP contribution in [0.4, 0.5) is 0 Å². The number of aliphatic hydroxyl groups is 1. The maximum atomic E-state index is 9.84. The summed E-state index contributed by atoms with van der Waals surface area (Å²) in [6, 6.07) is 0. The first-order chi connectivity index (χ1) is 9.65. The Labute approximate surface area is 123 Å². The van der Waals surface area contributed by atoms with Gasteiger partial charge in [0.05, 0.1) is 25.4 Å². The molecule has 0 bridgehead atoms. The smallest absolute Gasteiger partial charge is 0.0897 e. The molecule has 2 atom stereocenters. The lowest BCUT2D eigenvalue weighted by atomic mass is 9.97. The van der Waals surface area contributed by atoms with Crippen molar-refractivity contribution in [1.29, 1.82) is 0 Å². The number of hydrogen-bond acceptors (Lipinski definition) is 5. The van der Waals surface area contributed by atoms with Crippen molar-refractivity contribution in [1.82, 2.24) is 10.2 Å². The van der Waals surface area contributed by atoms with E-state index in [4.69, 9.17) is 9.47 Å². The molecule has 1 aliphatic heterocycles. The Morgan fingerprint density at radius 3 is 2.60 bits per heavy atom. The lowest BCUT2D eigenvalue weighted by molar-refractivity contribution is -0.0312. The van der Waals surface area contributed by atoms with Gasteiger partial charge in [0, 0.05) is 13.7 Å². The van der Waals surface area contributed by atoms with Gasteiger partial charge in [-0.05, 0) is 51.9 Å². The standard InChI is InChI=1S/C15H32N2O3/c1-4-17-7-5-14(6-8-17)9-16-10-15(18)12-20-13(2)11-19-3/h13-16,18H,4-12H2,1-3H3. The summed E-state index contributed by atoms with van der Waals surface area (Å²) >= 11 is 0. The number of nitrogens with zero attached hydrogens (tertiary/aromatic N) is 1. The van der Waals surface area contributed by atoms with Crippen molar-refractivity contribution >= 4 is 0 Å². The summed E-state index contributed by atoms with van der Waals surface area (Å²) in [5, 5.41) is 13.2. The van der Waals surface area contributed by atoms with Crippen molar-refractivity contribution in [2.75, 3.05) is 53.0 Å². The number of ether oxygens (including phenoxy) is 2. The van der Waals surface area contributed by atoms with Crippen molar-refractivity contribution in [3.8, 4) is 0 Å². The fourth-order valence-electron chi connectivity index (χ4n) is 2.58. The van der Waals surface area contributed by atoms with E-state index < -0.39 is 6.10 Å². The third kappa shape index (κ3) is 7.55. The van der Waals surface area contributed by atoms with E-state index in [2.05, 4.69) is 17.1 Å². The number of nitrogens with one attached hydrogen (secondary N) is 1. The van der Waals surface area contributed by atoms with E-state index in [1.165, 1.54) is 25.9 Å². The van der Waals surface area contributed by atoms with Crippen molar-refractivity contribution in [3.05, 3.63) is 0 Å². The van der Waals surface area contributed by atoms with Crippen molar-refractivity contribution in [3.63, 3.8) is 0 Å². The third-order valence-electron chi connectivity index (χ3n) is 3.94. The lowest BCUT2D eigenvalue weighted by Gasteiger charge is -2.31. The Bertz CT molecular complexity index is 233. The SMILES string of the molecule is CCN1CCC(CNCC(O)COC(C)COC)CC1. The van der Waals surface area contributed by atoms with Crippen molar-refractivity contribution < 1.29 is 14.6 Å². The zero-order valence-electron chi connectivity index (χ0n) is 13.3. The summed E-state index contributed by atoms with van der Waals surface area (Å²) in [6.45, 7) is 10.3. The number of rotatable bonds is 10. The zero-order valence-corrected chi connectivity index (χ0v) is 13.3. The Morgan fingerprint density at radius 2 is 2.00 bits per heavy atom. The van der Waals surface area contributed by atoms with Crippen LogP contribution in [-0.2, 0) is 9.47 Å². The predicted octanol–water partition coefficient (Wildman–Crippen LogP) is 0.720. The molecule has 0 radical (unpaired) electrons. The average molecular weight is 288 g/mol. The van der Waals surface area contributed by atoms with Gasteiger partial charge in [-0.3, -0.25) is 0 Å². The highest BCUT2D eigenvalue weighted by molar-refractivity contribution is 4.73. The van der Waals surface area contributed by atoms with Gasteiger partial charge >= 0.3 is 0 Å². The molecule has 2 unspecified atom stereocenters. The molecule has 2 N–H and O–H groups in total. The normalized spacial score (nSPS) is 21.0. The van der Waals surface area contributed by atoms with Crippen LogP contribution in [0.1, 0.15) is 26.7 Å². The molecule has 1 rings (SSSR count). The monoisotopic (exact) mass is 288 g/mol. The minimum Gasteiger partial charge on any atom is -0.389 e. The van der Waals surface area contributed by atoms with Crippen LogP contribution in [0.15, 0.2) is 0 Å². The lowest BCUT2D eigenvalue weighted by Crippen LogP contribution is -2.39. The zero-order chi connectivity index (χ0) is 14.8. The molecule has 0 saturated carbocycles. The predicted molar refractivity (Wildman–Crippen MR) is 81.0 cm³/mol. The van der Waals surface area contributed by atoms with Crippen LogP contribution >= 0.6 is 0 Å². The van der Waals surface area contributed by atoms with E-state index in [-0.39, 0.29) is 6.10 Å². The highest BCUT2D eigenvalue weighted by Gasteiger charge is 2.18. The second-order valence-electron chi connectivity index (χ2n) is 5.79. The molecule has 5 heteroatoms. The van der Waals surface area contributed by atoms with Gasteiger partial charge < -0.3 is 24.8 Å². The summed E-state index contributed by atoms with van der Waals surface area (Å²) in [5.41, 5.74) is 0. The molecule has 0 aromatic carbocycles. The summed E-state index contributed by atoms with van der Waals surface area (Å²) in [7, 11) is 1.65. The molecule has 0 aliphatic carbocycles. The summed E-state index contributed by atoms with van der Waals surface area (Å²) < 4.78 is 10.5. The maximum absolute atomic E-state index is 9.84. The average Bonchev–Trinajstić information content (AvgIpc) is 2.46. The number of piperidine rings is 1. The van der Waals surface area contributed by atoms with Gasteiger partial charge in [0.2, 0.25) is 0 Å². The van der Waals surface area contributed by atoms with Gasteiger partial charge in [-0.1, -0.05) is 6.92 Å². The van der Waals surface area contributed by atoms with Crippen LogP contribution in [0, 0.1) is 5.92 Å². The van der Waals surface area contributed by atoms with Gasteiger partial charge in [-0.2, -0.15) is 0 Å². The first kappa shape index (κ1) is 17.9. The van der Waals surface area contributed by atoms with Crippen LogP contribution in [0.3, 0.4) is 0 Å². The first-order valence-electron chi connectivity index (χ1n) is 7.87. The second-order valence-corrected chi connectivity index (χ2v) is 5.79. The number of aliphatic hydroxyl groups excluding tert-OH is 1. The van der Waals surface area contributed by atoms with Crippen molar-refractivity contribution in [2.24, 2.45) is 5.92 Å². The molecule has 1 saturated heterocycles. The van der Waals surface area contributed by atoms with Crippen LogP contribution < -0.4 is 5.32 Å². The summed E-state index contributed by atoms with van der Waals surface area (Å²) in [6.07, 6.45) is 2.12. The minimum absolute atomic E-state index is 0.0352. The van der Waals surface area contributed by atoms with Crippen molar-refractivity contribution in [2.45, 2.75) is 38.9 Å². The first-order valence-corrected chi connectivity index (χ1v) is 7.87. The van der Waals surface area contributed by atoms with Gasteiger partial charge in [0.15, 0.2) is 0 Å². The number of methoxy groups -OCH3 is 1. The van der Waals surface area contributed by atoms with E-state index in [1.54, 1.807) is 7.11 Å².